The third-order valence-corrected chi connectivity index (χ3v) is 5.33. The molecule has 0 spiro atoms. The predicted octanol–water partition coefficient (Wildman–Crippen LogP) is 2.32. The smallest absolute Gasteiger partial charge is 0.231 e. The minimum Gasteiger partial charge on any atom is -0.348 e. The molecular formula is C20H27NO5. The Bertz CT molecular complexity index is 674. The maximum absolute atomic E-state index is 13.0. The second-order valence-corrected chi connectivity index (χ2v) is 8.20. The summed E-state index contributed by atoms with van der Waals surface area (Å²) in [6.45, 7) is 9.04. The number of amides is 1. The Balaban J connectivity index is 1.55. The normalized spacial score (nSPS) is 35.5. The Morgan fingerprint density at radius 1 is 0.962 bits per heavy atom. The van der Waals surface area contributed by atoms with Crippen molar-refractivity contribution in [1.29, 1.82) is 0 Å². The van der Waals surface area contributed by atoms with Crippen molar-refractivity contribution in [3.8, 4) is 0 Å². The van der Waals surface area contributed by atoms with E-state index in [0.29, 0.717) is 19.8 Å². The summed E-state index contributed by atoms with van der Waals surface area (Å²) in [7, 11) is 0. The van der Waals surface area contributed by atoms with Gasteiger partial charge in [-0.25, -0.2) is 0 Å². The molecule has 4 atom stereocenters. The highest BCUT2D eigenvalue weighted by Crippen LogP contribution is 2.42. The quantitative estimate of drug-likeness (QED) is 0.771. The molecule has 1 aromatic rings. The van der Waals surface area contributed by atoms with Gasteiger partial charge in [0.25, 0.3) is 0 Å². The molecule has 3 saturated heterocycles. The van der Waals surface area contributed by atoms with Crippen LogP contribution in [0.25, 0.3) is 0 Å². The minimum absolute atomic E-state index is 0.0769. The van der Waals surface area contributed by atoms with E-state index in [1.54, 1.807) is 0 Å². The van der Waals surface area contributed by atoms with Crippen LogP contribution in [0.15, 0.2) is 30.3 Å². The van der Waals surface area contributed by atoms with Crippen LogP contribution in [0.4, 0.5) is 0 Å². The molecule has 1 amide bonds. The van der Waals surface area contributed by atoms with Gasteiger partial charge in [0, 0.05) is 6.54 Å². The van der Waals surface area contributed by atoms with Gasteiger partial charge in [0.15, 0.2) is 11.6 Å². The first-order chi connectivity index (χ1) is 12.3. The topological polar surface area (TPSA) is 57.2 Å². The van der Waals surface area contributed by atoms with Gasteiger partial charge in [-0.05, 0) is 33.3 Å². The molecule has 3 heterocycles. The van der Waals surface area contributed by atoms with Crippen molar-refractivity contribution in [2.45, 2.75) is 64.1 Å². The first kappa shape index (κ1) is 17.9. The molecule has 0 N–H and O–H groups in total. The van der Waals surface area contributed by atoms with Crippen molar-refractivity contribution >= 4 is 5.91 Å². The molecule has 3 aliphatic heterocycles. The van der Waals surface area contributed by atoms with Crippen molar-refractivity contribution < 1.29 is 23.7 Å². The summed E-state index contributed by atoms with van der Waals surface area (Å²) in [4.78, 5) is 14.9. The lowest BCUT2D eigenvalue weighted by molar-refractivity contribution is -0.198. The van der Waals surface area contributed by atoms with Gasteiger partial charge in [-0.1, -0.05) is 30.3 Å². The first-order valence-electron chi connectivity index (χ1n) is 9.24. The maximum atomic E-state index is 13.0. The van der Waals surface area contributed by atoms with Crippen molar-refractivity contribution in [2.75, 3.05) is 13.2 Å². The molecular weight excluding hydrogens is 334 g/mol. The summed E-state index contributed by atoms with van der Waals surface area (Å²) in [5, 5.41) is 0. The van der Waals surface area contributed by atoms with Crippen molar-refractivity contribution in [3.63, 3.8) is 0 Å². The number of carbonyl (C=O) groups excluding carboxylic acids is 1. The molecule has 1 aromatic carbocycles. The molecule has 0 bridgehead atoms. The van der Waals surface area contributed by atoms with Gasteiger partial charge in [-0.15, -0.1) is 0 Å². The molecule has 3 aliphatic rings. The lowest BCUT2D eigenvalue weighted by Crippen LogP contribution is -2.69. The van der Waals surface area contributed by atoms with Crippen LogP contribution in [-0.2, 0) is 30.3 Å². The summed E-state index contributed by atoms with van der Waals surface area (Å²) in [5.41, 5.74) is 1.10. The highest BCUT2D eigenvalue weighted by atomic mass is 16.8. The van der Waals surface area contributed by atoms with E-state index in [4.69, 9.17) is 18.9 Å². The van der Waals surface area contributed by atoms with Crippen molar-refractivity contribution in [2.24, 2.45) is 5.92 Å². The van der Waals surface area contributed by atoms with E-state index in [1.807, 2.05) is 62.9 Å². The largest absolute Gasteiger partial charge is 0.348 e. The zero-order chi connectivity index (χ0) is 18.5. The van der Waals surface area contributed by atoms with E-state index >= 15 is 0 Å². The van der Waals surface area contributed by atoms with Crippen molar-refractivity contribution in [1.82, 2.24) is 4.90 Å². The van der Waals surface area contributed by atoms with Gasteiger partial charge in [0.2, 0.25) is 5.91 Å². The third-order valence-electron chi connectivity index (χ3n) is 5.33. The standard InChI is InChI=1S/C20H27NO5/c1-19(2)23-11-14(25-19)16-17(15-12-24-20(3,4)26-15)21(18(16)22)10-13-8-6-5-7-9-13/h5-9,14-17H,10-12H2,1-4H3/t14-,15+,16-,17+/m1/s1. The van der Waals surface area contributed by atoms with Crippen LogP contribution in [0.2, 0.25) is 0 Å². The fraction of sp³-hybridized carbons (Fsp3) is 0.650. The summed E-state index contributed by atoms with van der Waals surface area (Å²) in [6, 6.07) is 9.94. The molecule has 6 nitrogen and oxygen atoms in total. The fourth-order valence-corrected chi connectivity index (χ4v) is 4.15. The summed E-state index contributed by atoms with van der Waals surface area (Å²) < 4.78 is 23.6. The molecule has 6 heteroatoms. The number of hydrogen-bond acceptors (Lipinski definition) is 5. The number of nitrogens with zero attached hydrogens (tertiary/aromatic N) is 1. The third kappa shape index (κ3) is 3.27. The molecule has 0 unspecified atom stereocenters. The van der Waals surface area contributed by atoms with Gasteiger partial charge < -0.3 is 23.8 Å². The minimum atomic E-state index is -0.651. The van der Waals surface area contributed by atoms with Gasteiger partial charge >= 0.3 is 0 Å². The van der Waals surface area contributed by atoms with Gasteiger partial charge in [-0.3, -0.25) is 4.79 Å². The second-order valence-electron chi connectivity index (χ2n) is 8.20. The van der Waals surface area contributed by atoms with Crippen LogP contribution in [0.1, 0.15) is 33.3 Å². The van der Waals surface area contributed by atoms with Gasteiger partial charge in [0.1, 0.15) is 6.10 Å². The van der Waals surface area contributed by atoms with E-state index in [-0.39, 0.29) is 30.1 Å². The number of carbonyl (C=O) groups is 1. The zero-order valence-electron chi connectivity index (χ0n) is 15.8. The molecule has 0 aromatic heterocycles. The van der Waals surface area contributed by atoms with E-state index in [9.17, 15) is 4.79 Å². The average molecular weight is 361 g/mol. The van der Waals surface area contributed by atoms with Crippen LogP contribution < -0.4 is 0 Å². The predicted molar refractivity (Wildman–Crippen MR) is 94.1 cm³/mol. The summed E-state index contributed by atoms with van der Waals surface area (Å²) >= 11 is 0. The lowest BCUT2D eigenvalue weighted by atomic mass is 9.79. The van der Waals surface area contributed by atoms with Gasteiger partial charge in [0.05, 0.1) is 31.3 Å². The number of hydrogen-bond donors (Lipinski definition) is 0. The molecule has 4 rings (SSSR count). The van der Waals surface area contributed by atoms with Crippen LogP contribution in [0.5, 0.6) is 0 Å². The molecule has 3 fully saturated rings. The maximum Gasteiger partial charge on any atom is 0.231 e. The Labute approximate surface area is 154 Å². The summed E-state index contributed by atoms with van der Waals surface area (Å²) in [5.74, 6) is -1.44. The number of β-lactam (4-membered cyclic amide) rings is 1. The second kappa shape index (κ2) is 6.30. The SMILES string of the molecule is CC1(C)OC[C@@H]([C@H]2[C@@H]([C@H]3COC(C)(C)O3)C(=O)N2Cc2ccccc2)O1. The number of ether oxygens (including phenoxy) is 4. The summed E-state index contributed by atoms with van der Waals surface area (Å²) in [6.07, 6.45) is -0.412. The molecule has 0 saturated carbocycles. The fourth-order valence-electron chi connectivity index (χ4n) is 4.15. The van der Waals surface area contributed by atoms with Crippen LogP contribution in [0, 0.1) is 5.92 Å². The first-order valence-corrected chi connectivity index (χ1v) is 9.24. The van der Waals surface area contributed by atoms with E-state index in [2.05, 4.69) is 0 Å². The van der Waals surface area contributed by atoms with Crippen LogP contribution in [-0.4, -0.2) is 53.8 Å². The highest BCUT2D eigenvalue weighted by molar-refractivity contribution is 5.87. The van der Waals surface area contributed by atoms with Crippen molar-refractivity contribution in [3.05, 3.63) is 35.9 Å². The zero-order valence-corrected chi connectivity index (χ0v) is 15.8. The van der Waals surface area contributed by atoms with E-state index in [0.717, 1.165) is 5.56 Å². The Morgan fingerprint density at radius 2 is 1.54 bits per heavy atom. The average Bonchev–Trinajstić information content (AvgIpc) is 3.12. The van der Waals surface area contributed by atoms with Crippen LogP contribution in [0.3, 0.4) is 0 Å². The highest BCUT2D eigenvalue weighted by Gasteiger charge is 2.59. The number of benzene rings is 1. The number of likely N-dealkylation sites (tertiary alicyclic amines) is 1. The lowest BCUT2D eigenvalue weighted by Gasteiger charge is -2.51. The monoisotopic (exact) mass is 361 g/mol. The molecule has 0 aliphatic carbocycles. The van der Waals surface area contributed by atoms with Gasteiger partial charge in [-0.2, -0.15) is 0 Å². The van der Waals surface area contributed by atoms with Crippen LogP contribution >= 0.6 is 0 Å². The van der Waals surface area contributed by atoms with E-state index in [1.165, 1.54) is 0 Å². The molecule has 142 valence electrons. The molecule has 0 radical (unpaired) electrons. The van der Waals surface area contributed by atoms with E-state index < -0.39 is 11.6 Å². The Morgan fingerprint density at radius 3 is 2.08 bits per heavy atom. The number of rotatable bonds is 4. The molecule has 26 heavy (non-hydrogen) atoms. The Kier molecular flexibility index (Phi) is 4.34. The Hall–Kier alpha value is -1.47.